The number of carbonyl (C=O) groups excluding carboxylic acids is 4. The van der Waals surface area contributed by atoms with Crippen molar-refractivity contribution in [3.8, 4) is 0 Å². The van der Waals surface area contributed by atoms with Gasteiger partial charge in [-0.3, -0.25) is 34.1 Å². The molecule has 2 atom stereocenters. The molecule has 3 aliphatic heterocycles. The van der Waals surface area contributed by atoms with E-state index in [9.17, 15) is 37.5 Å². The van der Waals surface area contributed by atoms with Crippen LogP contribution < -0.4 is 10.6 Å². The first-order valence-corrected chi connectivity index (χ1v) is 17.4. The Morgan fingerprint density at radius 3 is 2.50 bits per heavy atom. The lowest BCUT2D eigenvalue weighted by molar-refractivity contribution is -0.141. The molecule has 52 heavy (non-hydrogen) atoms. The van der Waals surface area contributed by atoms with Crippen LogP contribution in [-0.2, 0) is 27.9 Å². The van der Waals surface area contributed by atoms with Gasteiger partial charge in [0.2, 0.25) is 11.8 Å². The predicted molar refractivity (Wildman–Crippen MR) is 186 cm³/mol. The molecule has 2 fully saturated rings. The van der Waals surface area contributed by atoms with Crippen molar-refractivity contribution >= 4 is 52.8 Å². The largest absolute Gasteiger partial charge is 0.433 e. The van der Waals surface area contributed by atoms with Gasteiger partial charge in [0, 0.05) is 54.5 Å². The van der Waals surface area contributed by atoms with Gasteiger partial charge in [-0.25, -0.2) is 4.98 Å². The molecule has 2 aromatic carbocycles. The van der Waals surface area contributed by atoms with Crippen molar-refractivity contribution in [2.75, 3.05) is 18.4 Å². The number of carbonyl (C=O) groups is 4. The molecule has 4 aromatic rings. The number of halogens is 3. The Labute approximate surface area is 301 Å². The highest BCUT2D eigenvalue weighted by Crippen LogP contribution is 2.40. The minimum Gasteiger partial charge on any atom is -0.386 e. The van der Waals surface area contributed by atoms with Crippen molar-refractivity contribution < 1.29 is 37.5 Å². The fourth-order valence-electron chi connectivity index (χ4n) is 7.16. The molecule has 0 saturated carbocycles. The highest BCUT2D eigenvalue weighted by Gasteiger charge is 2.44. The van der Waals surface area contributed by atoms with E-state index in [1.807, 2.05) is 29.1 Å². The average Bonchev–Trinajstić information content (AvgIpc) is 3.61. The Balaban J connectivity index is 1.03. The number of alkyl halides is 3. The van der Waals surface area contributed by atoms with Gasteiger partial charge >= 0.3 is 6.18 Å². The van der Waals surface area contributed by atoms with Gasteiger partial charge in [0.1, 0.15) is 22.8 Å². The molecule has 3 aliphatic rings. The van der Waals surface area contributed by atoms with Gasteiger partial charge in [-0.2, -0.15) is 18.3 Å². The number of amides is 4. The number of fused-ring (bicyclic) bond motifs is 2. The zero-order valence-corrected chi connectivity index (χ0v) is 29.2. The van der Waals surface area contributed by atoms with E-state index in [-0.39, 0.29) is 36.4 Å². The number of imide groups is 1. The summed E-state index contributed by atoms with van der Waals surface area (Å²) in [7, 11) is 0. The lowest BCUT2D eigenvalue weighted by Crippen LogP contribution is -2.53. The molecule has 16 heteroatoms. The summed E-state index contributed by atoms with van der Waals surface area (Å²) in [5, 5.41) is 20.8. The summed E-state index contributed by atoms with van der Waals surface area (Å²) < 4.78 is 41.5. The second-order valence-corrected chi connectivity index (χ2v) is 14.5. The Kier molecular flexibility index (Phi) is 9.11. The molecule has 0 spiro atoms. The summed E-state index contributed by atoms with van der Waals surface area (Å²) in [6.07, 6.45) is -0.866. The van der Waals surface area contributed by atoms with Crippen LogP contribution in [0, 0.1) is 0 Å². The maximum Gasteiger partial charge on any atom is 0.433 e. The van der Waals surface area contributed by atoms with E-state index in [2.05, 4.69) is 33.1 Å². The number of benzene rings is 2. The van der Waals surface area contributed by atoms with E-state index in [1.165, 1.54) is 11.0 Å². The summed E-state index contributed by atoms with van der Waals surface area (Å²) in [5.74, 6) is -1.96. The van der Waals surface area contributed by atoms with Gasteiger partial charge in [-0.05, 0) is 74.6 Å². The van der Waals surface area contributed by atoms with Gasteiger partial charge in [0.15, 0.2) is 0 Å². The maximum atomic E-state index is 13.4. The third kappa shape index (κ3) is 6.89. The third-order valence-electron chi connectivity index (χ3n) is 9.85. The van der Waals surface area contributed by atoms with E-state index in [1.54, 1.807) is 26.0 Å². The monoisotopic (exact) mass is 735 g/mol. The highest BCUT2D eigenvalue weighted by molar-refractivity contribution is 7.80. The number of thiol groups is 1. The summed E-state index contributed by atoms with van der Waals surface area (Å²) >= 11 is 4.65. The van der Waals surface area contributed by atoms with Crippen LogP contribution in [0.4, 0.5) is 18.9 Å². The Morgan fingerprint density at radius 1 is 1.06 bits per heavy atom. The number of hydrogen-bond acceptors (Lipinski definition) is 9. The van der Waals surface area contributed by atoms with E-state index >= 15 is 0 Å². The Bertz CT molecular complexity index is 2110. The van der Waals surface area contributed by atoms with Crippen molar-refractivity contribution in [2.24, 2.45) is 0 Å². The number of nitrogens with one attached hydrogen (secondary N) is 2. The quantitative estimate of drug-likeness (QED) is 0.154. The summed E-state index contributed by atoms with van der Waals surface area (Å²) in [6, 6.07) is 11.4. The topological polar surface area (TPSA) is 150 Å². The number of aliphatic hydroxyl groups is 1. The first kappa shape index (κ1) is 35.6. The molecule has 0 aliphatic carbocycles. The second-order valence-electron chi connectivity index (χ2n) is 14.0. The van der Waals surface area contributed by atoms with Crippen LogP contribution in [0.15, 0.2) is 54.7 Å². The SMILES string of the molecule is CC(C)(O)c1cc2nn(C3CCN(Cc4ccc5c(c4)C(=O)N(C4CCC(=O)NC4=O)C5S)CC3)cc2cc1NC(=O)c1cccc(C(F)(F)F)n1. The number of anilines is 1. The van der Waals surface area contributed by atoms with Crippen molar-refractivity contribution in [1.82, 2.24) is 29.9 Å². The second kappa shape index (κ2) is 13.3. The number of piperidine rings is 2. The lowest BCUT2D eigenvalue weighted by Gasteiger charge is -2.32. The summed E-state index contributed by atoms with van der Waals surface area (Å²) in [4.78, 5) is 57.8. The van der Waals surface area contributed by atoms with E-state index in [0.717, 1.165) is 49.2 Å². The minimum atomic E-state index is -4.71. The van der Waals surface area contributed by atoms with Crippen LogP contribution in [0.1, 0.15) is 94.2 Å². The maximum absolute atomic E-state index is 13.4. The van der Waals surface area contributed by atoms with Crippen LogP contribution >= 0.6 is 12.6 Å². The molecule has 272 valence electrons. The average molecular weight is 736 g/mol. The molecule has 2 unspecified atom stereocenters. The van der Waals surface area contributed by atoms with E-state index in [4.69, 9.17) is 5.10 Å². The molecule has 12 nitrogen and oxygen atoms in total. The highest BCUT2D eigenvalue weighted by atomic mass is 32.1. The van der Waals surface area contributed by atoms with Crippen LogP contribution in [0.2, 0.25) is 0 Å². The lowest BCUT2D eigenvalue weighted by atomic mass is 9.95. The minimum absolute atomic E-state index is 0.0650. The van der Waals surface area contributed by atoms with Gasteiger partial charge in [0.25, 0.3) is 11.8 Å². The molecule has 4 amide bonds. The smallest absolute Gasteiger partial charge is 0.386 e. The molecule has 0 radical (unpaired) electrons. The molecule has 2 saturated heterocycles. The van der Waals surface area contributed by atoms with E-state index in [0.29, 0.717) is 28.6 Å². The fourth-order valence-corrected chi connectivity index (χ4v) is 7.66. The van der Waals surface area contributed by atoms with Crippen molar-refractivity contribution in [3.05, 3.63) is 88.4 Å². The summed E-state index contributed by atoms with van der Waals surface area (Å²) in [6.45, 7) is 5.21. The van der Waals surface area contributed by atoms with Crippen molar-refractivity contribution in [3.63, 3.8) is 0 Å². The molecule has 3 N–H and O–H groups in total. The molecular formula is C36H36F3N7O5S. The summed E-state index contributed by atoms with van der Waals surface area (Å²) in [5.41, 5.74) is 0.354. The van der Waals surface area contributed by atoms with Crippen molar-refractivity contribution in [1.29, 1.82) is 0 Å². The van der Waals surface area contributed by atoms with Crippen molar-refractivity contribution in [2.45, 2.75) is 75.3 Å². The number of likely N-dealkylation sites (tertiary alicyclic amines) is 1. The number of pyridine rings is 1. The van der Waals surface area contributed by atoms with Crippen LogP contribution in [-0.4, -0.2) is 72.4 Å². The Hall–Kier alpha value is -4.80. The number of aromatic nitrogens is 3. The van der Waals surface area contributed by atoms with Crippen LogP contribution in [0.5, 0.6) is 0 Å². The fraction of sp³-hybridized carbons (Fsp3) is 0.389. The molecule has 0 bridgehead atoms. The Morgan fingerprint density at radius 2 is 1.81 bits per heavy atom. The molecule has 2 aromatic heterocycles. The van der Waals surface area contributed by atoms with Gasteiger partial charge in [0.05, 0.1) is 17.2 Å². The predicted octanol–water partition coefficient (Wildman–Crippen LogP) is 4.96. The van der Waals surface area contributed by atoms with Gasteiger partial charge in [-0.15, -0.1) is 12.6 Å². The third-order valence-corrected chi connectivity index (χ3v) is 10.4. The zero-order chi connectivity index (χ0) is 37.1. The van der Waals surface area contributed by atoms with E-state index < -0.39 is 46.4 Å². The number of rotatable bonds is 7. The van der Waals surface area contributed by atoms with Crippen LogP contribution in [0.25, 0.3) is 10.9 Å². The first-order valence-electron chi connectivity index (χ1n) is 16.9. The van der Waals surface area contributed by atoms with Crippen LogP contribution in [0.3, 0.4) is 0 Å². The number of hydrogen-bond donors (Lipinski definition) is 4. The standard InChI is InChI=1S/C36H36F3N7O5S/c1-35(2,51)24-16-26-20(15-27(24)41-31(48)25-4-3-5-29(40-25)36(37,38)39)18-45(43-26)21-10-12-44(13-11-21)17-19-6-7-22-23(14-19)33(50)46(34(22)52)28-8-9-30(47)42-32(28)49/h3-7,14-16,18,21,28,34,51-52H,8-13,17H2,1-2H3,(H,41,48)(H,42,47,49). The first-order chi connectivity index (χ1) is 24.6. The number of nitrogens with zero attached hydrogens (tertiary/aromatic N) is 5. The van der Waals surface area contributed by atoms with Gasteiger partial charge < -0.3 is 15.3 Å². The van der Waals surface area contributed by atoms with Gasteiger partial charge in [-0.1, -0.05) is 18.2 Å². The molecular weight excluding hydrogens is 700 g/mol. The molecule has 7 rings (SSSR count). The normalized spacial score (nSPS) is 20.4. The molecule has 5 heterocycles. The zero-order valence-electron chi connectivity index (χ0n) is 28.3.